The van der Waals surface area contributed by atoms with Gasteiger partial charge < -0.3 is 10.6 Å². The first kappa shape index (κ1) is 19.0. The van der Waals surface area contributed by atoms with Crippen LogP contribution >= 0.6 is 11.6 Å². The first-order chi connectivity index (χ1) is 11.5. The van der Waals surface area contributed by atoms with Crippen LogP contribution in [0.3, 0.4) is 0 Å². The molecule has 1 aromatic carbocycles. The van der Waals surface area contributed by atoms with E-state index in [9.17, 15) is 18.0 Å². The molecule has 0 spiro atoms. The number of hydrogen-bond donors (Lipinski definition) is 2. The molecule has 25 heavy (non-hydrogen) atoms. The molecule has 2 rings (SSSR count). The number of nitrogens with one attached hydrogen (secondary N) is 2. The van der Waals surface area contributed by atoms with Crippen LogP contribution in [0.4, 0.5) is 24.7 Å². The number of halogens is 4. The van der Waals surface area contributed by atoms with Crippen molar-refractivity contribution < 1.29 is 18.0 Å². The Morgan fingerprint density at radius 3 is 2.32 bits per heavy atom. The van der Waals surface area contributed by atoms with Gasteiger partial charge in [-0.25, -0.2) is 9.97 Å². The molecule has 0 aliphatic carbocycles. The van der Waals surface area contributed by atoms with E-state index >= 15 is 0 Å². The maximum atomic E-state index is 12.8. The Hall–Kier alpha value is -2.35. The molecule has 0 saturated heterocycles. The Morgan fingerprint density at radius 2 is 1.80 bits per heavy atom. The third kappa shape index (κ3) is 5.32. The van der Waals surface area contributed by atoms with E-state index < -0.39 is 23.2 Å². The molecule has 5 nitrogen and oxygen atoms in total. The molecule has 9 heteroatoms. The summed E-state index contributed by atoms with van der Waals surface area (Å²) in [5.41, 5.74) is -1.14. The molecule has 2 aromatic rings. The number of benzene rings is 1. The van der Waals surface area contributed by atoms with E-state index in [0.717, 1.165) is 18.2 Å². The molecule has 0 bridgehead atoms. The average molecular weight is 373 g/mol. The standard InChI is InChI=1S/C16H16ClF3N4O/c1-15(2,3)24-14(25)12-7-22-13(8-21-12)23-11-6-9(16(18,19)20)4-5-10(11)17/h4-8H,1-3H3,(H,22,23)(H,24,25). The van der Waals surface area contributed by atoms with Gasteiger partial charge >= 0.3 is 6.18 Å². The number of amides is 1. The molecule has 1 heterocycles. The van der Waals surface area contributed by atoms with Gasteiger partial charge in [0.2, 0.25) is 0 Å². The van der Waals surface area contributed by atoms with Crippen LogP contribution in [0, 0.1) is 0 Å². The van der Waals surface area contributed by atoms with Crippen molar-refractivity contribution in [3.05, 3.63) is 46.9 Å². The van der Waals surface area contributed by atoms with Crippen LogP contribution in [-0.4, -0.2) is 21.4 Å². The van der Waals surface area contributed by atoms with Crippen LogP contribution in [0.1, 0.15) is 36.8 Å². The SMILES string of the molecule is CC(C)(C)NC(=O)c1cnc(Nc2cc(C(F)(F)F)ccc2Cl)cn1. The highest BCUT2D eigenvalue weighted by atomic mass is 35.5. The van der Waals surface area contributed by atoms with Crippen molar-refractivity contribution in [2.75, 3.05) is 5.32 Å². The van der Waals surface area contributed by atoms with Gasteiger partial charge in [0.15, 0.2) is 0 Å². The molecule has 0 unspecified atom stereocenters. The Bertz CT molecular complexity index is 770. The highest BCUT2D eigenvalue weighted by Crippen LogP contribution is 2.34. The van der Waals surface area contributed by atoms with Gasteiger partial charge in [-0.3, -0.25) is 4.79 Å². The normalized spacial score (nSPS) is 12.0. The number of aromatic nitrogens is 2. The second-order valence-electron chi connectivity index (χ2n) is 6.31. The predicted molar refractivity (Wildman–Crippen MR) is 89.0 cm³/mol. The molecule has 0 aliphatic rings. The maximum Gasteiger partial charge on any atom is 0.416 e. The summed E-state index contributed by atoms with van der Waals surface area (Å²) in [6.45, 7) is 5.47. The molecule has 1 amide bonds. The zero-order valence-corrected chi connectivity index (χ0v) is 14.5. The monoisotopic (exact) mass is 372 g/mol. The second-order valence-corrected chi connectivity index (χ2v) is 6.72. The topological polar surface area (TPSA) is 66.9 Å². The zero-order valence-electron chi connectivity index (χ0n) is 13.7. The van der Waals surface area contributed by atoms with E-state index in [1.54, 1.807) is 0 Å². The number of rotatable bonds is 3. The summed E-state index contributed by atoms with van der Waals surface area (Å²) in [4.78, 5) is 19.9. The van der Waals surface area contributed by atoms with Gasteiger partial charge in [-0.2, -0.15) is 13.2 Å². The lowest BCUT2D eigenvalue weighted by Crippen LogP contribution is -2.40. The quantitative estimate of drug-likeness (QED) is 0.837. The maximum absolute atomic E-state index is 12.8. The van der Waals surface area contributed by atoms with Crippen molar-refractivity contribution in [1.29, 1.82) is 0 Å². The van der Waals surface area contributed by atoms with Crippen molar-refractivity contribution in [1.82, 2.24) is 15.3 Å². The largest absolute Gasteiger partial charge is 0.416 e. The van der Waals surface area contributed by atoms with E-state index in [0.29, 0.717) is 0 Å². The summed E-state index contributed by atoms with van der Waals surface area (Å²) in [6, 6.07) is 2.91. The highest BCUT2D eigenvalue weighted by molar-refractivity contribution is 6.33. The minimum absolute atomic E-state index is 0.0395. The summed E-state index contributed by atoms with van der Waals surface area (Å²) >= 11 is 5.91. The van der Waals surface area contributed by atoms with Crippen molar-refractivity contribution in [3.8, 4) is 0 Å². The molecular weight excluding hydrogens is 357 g/mol. The predicted octanol–water partition coefficient (Wildman–Crippen LogP) is 4.42. The summed E-state index contributed by atoms with van der Waals surface area (Å²) in [6.07, 6.45) is -2.01. The number of carbonyl (C=O) groups excluding carboxylic acids is 1. The second kappa shape index (κ2) is 6.87. The third-order valence-corrected chi connectivity index (χ3v) is 3.26. The molecule has 0 atom stereocenters. The lowest BCUT2D eigenvalue weighted by atomic mass is 10.1. The number of anilines is 2. The minimum atomic E-state index is -4.48. The van der Waals surface area contributed by atoms with Crippen LogP contribution in [0.15, 0.2) is 30.6 Å². The fourth-order valence-electron chi connectivity index (χ4n) is 1.85. The average Bonchev–Trinajstić information content (AvgIpc) is 2.47. The van der Waals surface area contributed by atoms with Crippen LogP contribution in [0.2, 0.25) is 5.02 Å². The Morgan fingerprint density at radius 1 is 1.12 bits per heavy atom. The fourth-order valence-corrected chi connectivity index (χ4v) is 2.01. The number of alkyl halides is 3. The van der Waals surface area contributed by atoms with Gasteiger partial charge in [0.1, 0.15) is 11.5 Å². The van der Waals surface area contributed by atoms with Crippen LogP contribution < -0.4 is 10.6 Å². The highest BCUT2D eigenvalue weighted by Gasteiger charge is 2.31. The van der Waals surface area contributed by atoms with Crippen molar-refractivity contribution in [2.24, 2.45) is 0 Å². The van der Waals surface area contributed by atoms with Crippen molar-refractivity contribution in [3.63, 3.8) is 0 Å². The van der Waals surface area contributed by atoms with Crippen molar-refractivity contribution in [2.45, 2.75) is 32.5 Å². The number of hydrogen-bond acceptors (Lipinski definition) is 4. The Balaban J connectivity index is 2.18. The van der Waals surface area contributed by atoms with Gasteiger partial charge in [0, 0.05) is 5.54 Å². The summed E-state index contributed by atoms with van der Waals surface area (Å²) < 4.78 is 38.3. The molecule has 0 aliphatic heterocycles. The minimum Gasteiger partial charge on any atom is -0.346 e. The van der Waals surface area contributed by atoms with E-state index in [1.165, 1.54) is 12.4 Å². The first-order valence-corrected chi connectivity index (χ1v) is 7.62. The zero-order chi connectivity index (χ0) is 18.8. The lowest BCUT2D eigenvalue weighted by Gasteiger charge is -2.20. The summed E-state index contributed by atoms with van der Waals surface area (Å²) in [5.74, 6) is -0.239. The number of nitrogens with zero attached hydrogens (tertiary/aromatic N) is 2. The van der Waals surface area contributed by atoms with E-state index in [1.807, 2.05) is 20.8 Å². The van der Waals surface area contributed by atoms with Gasteiger partial charge in [-0.05, 0) is 39.0 Å². The van der Waals surface area contributed by atoms with Crippen LogP contribution in [0.25, 0.3) is 0 Å². The molecule has 1 aromatic heterocycles. The van der Waals surface area contributed by atoms with Crippen molar-refractivity contribution >= 4 is 29.0 Å². The molecule has 2 N–H and O–H groups in total. The van der Waals surface area contributed by atoms with Gasteiger partial charge in [-0.1, -0.05) is 11.6 Å². The molecule has 0 fully saturated rings. The molecular formula is C16H16ClF3N4O. The Labute approximate surface area is 147 Å². The molecule has 0 saturated carbocycles. The first-order valence-electron chi connectivity index (χ1n) is 7.24. The van der Waals surface area contributed by atoms with Gasteiger partial charge in [0.05, 0.1) is 28.7 Å². The smallest absolute Gasteiger partial charge is 0.346 e. The van der Waals surface area contributed by atoms with E-state index in [4.69, 9.17) is 11.6 Å². The van der Waals surface area contributed by atoms with Gasteiger partial charge in [-0.15, -0.1) is 0 Å². The summed E-state index contributed by atoms with van der Waals surface area (Å²) in [7, 11) is 0. The van der Waals surface area contributed by atoms with E-state index in [2.05, 4.69) is 20.6 Å². The molecule has 0 radical (unpaired) electrons. The Kier molecular flexibility index (Phi) is 5.22. The lowest BCUT2D eigenvalue weighted by molar-refractivity contribution is -0.137. The fraction of sp³-hybridized carbons (Fsp3) is 0.312. The number of carbonyl (C=O) groups is 1. The van der Waals surface area contributed by atoms with Gasteiger partial charge in [0.25, 0.3) is 5.91 Å². The summed E-state index contributed by atoms with van der Waals surface area (Å²) in [5, 5.41) is 5.49. The molecule has 134 valence electrons. The van der Waals surface area contributed by atoms with Crippen LogP contribution in [-0.2, 0) is 6.18 Å². The third-order valence-electron chi connectivity index (χ3n) is 2.93. The van der Waals surface area contributed by atoms with Crippen LogP contribution in [0.5, 0.6) is 0 Å². The van der Waals surface area contributed by atoms with E-state index in [-0.39, 0.29) is 22.2 Å².